The monoisotopic (exact) mass is 266 g/mol. The highest BCUT2D eigenvalue weighted by Gasteiger charge is 2.33. The Morgan fingerprint density at radius 2 is 2.32 bits per heavy atom. The minimum absolute atomic E-state index is 0.0930. The molecule has 1 fully saturated rings. The van der Waals surface area contributed by atoms with Crippen LogP contribution in [0.5, 0.6) is 0 Å². The number of rotatable bonds is 2. The van der Waals surface area contributed by atoms with Gasteiger partial charge in [0.05, 0.1) is 13.2 Å². The first-order chi connectivity index (χ1) is 9.13. The van der Waals surface area contributed by atoms with E-state index in [1.807, 2.05) is 0 Å². The Hall–Kier alpha value is -2.22. The molecule has 102 valence electrons. The van der Waals surface area contributed by atoms with E-state index >= 15 is 0 Å². The standard InChI is InChI=1S/C11H14N4O4/c1-12-10(17)8-6-19-5-4-15(8)11(18)7-2-3-9(16)14-13-7/h2-3,8H,4-6H2,1H3,(H,12,17)(H,14,16). The van der Waals surface area contributed by atoms with Crippen molar-refractivity contribution in [1.29, 1.82) is 0 Å². The molecule has 1 aromatic heterocycles. The fraction of sp³-hybridized carbons (Fsp3) is 0.455. The van der Waals surface area contributed by atoms with Gasteiger partial charge in [-0.1, -0.05) is 0 Å². The lowest BCUT2D eigenvalue weighted by Crippen LogP contribution is -2.55. The molecule has 8 heteroatoms. The normalized spacial score (nSPS) is 19.0. The number of aromatic nitrogens is 2. The maximum absolute atomic E-state index is 12.2. The average Bonchev–Trinajstić information content (AvgIpc) is 2.46. The molecule has 1 aromatic rings. The fourth-order valence-electron chi connectivity index (χ4n) is 1.84. The highest BCUT2D eigenvalue weighted by Crippen LogP contribution is 2.10. The number of likely N-dealkylation sites (N-methyl/N-ethyl adjacent to an activating group) is 1. The van der Waals surface area contributed by atoms with Gasteiger partial charge in [-0.2, -0.15) is 5.10 Å². The number of aromatic amines is 1. The molecule has 1 saturated heterocycles. The number of hydrogen-bond acceptors (Lipinski definition) is 5. The van der Waals surface area contributed by atoms with Gasteiger partial charge in [0.2, 0.25) is 5.91 Å². The van der Waals surface area contributed by atoms with Crippen molar-refractivity contribution >= 4 is 11.8 Å². The van der Waals surface area contributed by atoms with E-state index in [9.17, 15) is 14.4 Å². The van der Waals surface area contributed by atoms with Crippen LogP contribution in [0.1, 0.15) is 10.5 Å². The van der Waals surface area contributed by atoms with Crippen LogP contribution in [0, 0.1) is 0 Å². The summed E-state index contributed by atoms with van der Waals surface area (Å²) in [6.45, 7) is 0.815. The first-order valence-electron chi connectivity index (χ1n) is 5.79. The average molecular weight is 266 g/mol. The van der Waals surface area contributed by atoms with Crippen LogP contribution in [0.2, 0.25) is 0 Å². The third-order valence-corrected chi connectivity index (χ3v) is 2.84. The van der Waals surface area contributed by atoms with Crippen molar-refractivity contribution in [3.05, 3.63) is 28.2 Å². The van der Waals surface area contributed by atoms with Crippen LogP contribution in [-0.2, 0) is 9.53 Å². The Morgan fingerprint density at radius 1 is 1.53 bits per heavy atom. The number of H-pyrrole nitrogens is 1. The van der Waals surface area contributed by atoms with Gasteiger partial charge in [-0.3, -0.25) is 14.4 Å². The highest BCUT2D eigenvalue weighted by molar-refractivity contribution is 5.96. The van der Waals surface area contributed by atoms with E-state index in [0.717, 1.165) is 0 Å². The van der Waals surface area contributed by atoms with Gasteiger partial charge in [-0.05, 0) is 6.07 Å². The summed E-state index contributed by atoms with van der Waals surface area (Å²) in [5.41, 5.74) is -0.295. The first-order valence-corrected chi connectivity index (χ1v) is 5.79. The van der Waals surface area contributed by atoms with Crippen LogP contribution in [0.4, 0.5) is 0 Å². The van der Waals surface area contributed by atoms with Gasteiger partial charge in [0.25, 0.3) is 11.5 Å². The van der Waals surface area contributed by atoms with Crippen molar-refractivity contribution in [1.82, 2.24) is 20.4 Å². The number of nitrogens with zero attached hydrogens (tertiary/aromatic N) is 2. The summed E-state index contributed by atoms with van der Waals surface area (Å²) in [6.07, 6.45) is 0. The molecular formula is C11H14N4O4. The molecule has 8 nitrogen and oxygen atoms in total. The summed E-state index contributed by atoms with van der Waals surface area (Å²) in [5, 5.41) is 8.35. The van der Waals surface area contributed by atoms with Crippen LogP contribution < -0.4 is 10.9 Å². The Kier molecular flexibility index (Phi) is 3.91. The minimum atomic E-state index is -0.681. The van der Waals surface area contributed by atoms with E-state index in [-0.39, 0.29) is 23.8 Å². The maximum Gasteiger partial charge on any atom is 0.275 e. The molecule has 0 bridgehead atoms. The van der Waals surface area contributed by atoms with Crippen LogP contribution >= 0.6 is 0 Å². The molecule has 0 radical (unpaired) electrons. The maximum atomic E-state index is 12.2. The van der Waals surface area contributed by atoms with E-state index in [1.54, 1.807) is 0 Å². The Labute approximate surface area is 108 Å². The summed E-state index contributed by atoms with van der Waals surface area (Å²) in [7, 11) is 1.50. The molecule has 1 aliphatic heterocycles. The smallest absolute Gasteiger partial charge is 0.275 e. The SMILES string of the molecule is CNC(=O)C1COCCN1C(=O)c1ccc(=O)[nH]n1. The first kappa shape index (κ1) is 13.2. The zero-order valence-corrected chi connectivity index (χ0v) is 10.4. The lowest BCUT2D eigenvalue weighted by molar-refractivity contribution is -0.130. The molecule has 1 unspecified atom stereocenters. The van der Waals surface area contributed by atoms with Crippen LogP contribution in [0.3, 0.4) is 0 Å². The molecule has 2 heterocycles. The van der Waals surface area contributed by atoms with E-state index in [4.69, 9.17) is 4.74 Å². The second kappa shape index (κ2) is 5.61. The molecule has 1 aliphatic rings. The van der Waals surface area contributed by atoms with Gasteiger partial charge >= 0.3 is 0 Å². The second-order valence-electron chi connectivity index (χ2n) is 4.01. The topological polar surface area (TPSA) is 104 Å². The number of amides is 2. The third-order valence-electron chi connectivity index (χ3n) is 2.84. The van der Waals surface area contributed by atoms with Crippen LogP contribution in [0.25, 0.3) is 0 Å². The Morgan fingerprint density at radius 3 is 2.95 bits per heavy atom. The van der Waals surface area contributed by atoms with E-state index in [2.05, 4.69) is 15.5 Å². The minimum Gasteiger partial charge on any atom is -0.377 e. The molecule has 0 spiro atoms. The van der Waals surface area contributed by atoms with E-state index in [0.29, 0.717) is 13.2 Å². The van der Waals surface area contributed by atoms with Crippen molar-refractivity contribution in [3.63, 3.8) is 0 Å². The molecule has 1 atom stereocenters. The zero-order valence-electron chi connectivity index (χ0n) is 10.4. The molecule has 19 heavy (non-hydrogen) atoms. The van der Waals surface area contributed by atoms with Gasteiger partial charge in [0.15, 0.2) is 0 Å². The summed E-state index contributed by atoms with van der Waals surface area (Å²) in [6, 6.07) is 1.87. The zero-order chi connectivity index (χ0) is 13.8. The Bertz CT molecular complexity index is 521. The fourth-order valence-corrected chi connectivity index (χ4v) is 1.84. The number of nitrogens with one attached hydrogen (secondary N) is 2. The number of morpholine rings is 1. The molecule has 0 aliphatic carbocycles. The van der Waals surface area contributed by atoms with Crippen molar-refractivity contribution in [2.45, 2.75) is 6.04 Å². The molecule has 2 N–H and O–H groups in total. The lowest BCUT2D eigenvalue weighted by atomic mass is 10.2. The lowest BCUT2D eigenvalue weighted by Gasteiger charge is -2.33. The second-order valence-corrected chi connectivity index (χ2v) is 4.01. The largest absolute Gasteiger partial charge is 0.377 e. The molecule has 2 rings (SSSR count). The van der Waals surface area contributed by atoms with Gasteiger partial charge in [-0.25, -0.2) is 5.10 Å². The van der Waals surface area contributed by atoms with Gasteiger partial charge in [0.1, 0.15) is 11.7 Å². The van der Waals surface area contributed by atoms with Crippen LogP contribution in [-0.4, -0.2) is 59.8 Å². The van der Waals surface area contributed by atoms with Crippen molar-refractivity contribution in [2.24, 2.45) is 0 Å². The summed E-state index contributed by atoms with van der Waals surface area (Å²) in [4.78, 5) is 36.3. The van der Waals surface area contributed by atoms with Gasteiger partial charge in [0, 0.05) is 19.7 Å². The Balaban J connectivity index is 2.22. The van der Waals surface area contributed by atoms with Crippen molar-refractivity contribution in [3.8, 4) is 0 Å². The summed E-state index contributed by atoms with van der Waals surface area (Å²) in [5.74, 6) is -0.703. The van der Waals surface area contributed by atoms with Crippen molar-refractivity contribution < 1.29 is 14.3 Å². The number of hydrogen-bond donors (Lipinski definition) is 2. The molecule has 0 aromatic carbocycles. The molecule has 2 amide bonds. The van der Waals surface area contributed by atoms with Gasteiger partial charge < -0.3 is 15.0 Å². The third kappa shape index (κ3) is 2.79. The molecule has 0 saturated carbocycles. The summed E-state index contributed by atoms with van der Waals surface area (Å²) >= 11 is 0. The van der Waals surface area contributed by atoms with E-state index in [1.165, 1.54) is 24.1 Å². The molecular weight excluding hydrogens is 252 g/mol. The predicted molar refractivity (Wildman–Crippen MR) is 64.6 cm³/mol. The predicted octanol–water partition coefficient (Wildman–Crippen LogP) is -1.64. The number of carbonyl (C=O) groups is 2. The van der Waals surface area contributed by atoms with E-state index < -0.39 is 11.9 Å². The number of ether oxygens (including phenoxy) is 1. The highest BCUT2D eigenvalue weighted by atomic mass is 16.5. The van der Waals surface area contributed by atoms with Gasteiger partial charge in [-0.15, -0.1) is 0 Å². The summed E-state index contributed by atoms with van der Waals surface area (Å²) < 4.78 is 5.21. The van der Waals surface area contributed by atoms with Crippen LogP contribution in [0.15, 0.2) is 16.9 Å². The number of carbonyl (C=O) groups excluding carboxylic acids is 2. The quantitative estimate of drug-likeness (QED) is 0.668. The van der Waals surface area contributed by atoms with Crippen molar-refractivity contribution in [2.75, 3.05) is 26.8 Å².